The molecule has 5 saturated heterocycles. The molecule has 7 heterocycles. The Morgan fingerprint density at radius 2 is 1.64 bits per heavy atom. The number of hydrogen-bond donors (Lipinski definition) is 1. The summed E-state index contributed by atoms with van der Waals surface area (Å²) in [5.74, 6) is -0.487. The summed E-state index contributed by atoms with van der Waals surface area (Å²) in [5.41, 5.74) is 7.06. The first-order valence-corrected chi connectivity index (χ1v) is 14.1. The molecule has 5 fully saturated rings. The summed E-state index contributed by atoms with van der Waals surface area (Å²) in [6.07, 6.45) is 0.955. The minimum Gasteiger partial charge on any atom is -0.382 e. The van der Waals surface area contributed by atoms with Crippen molar-refractivity contribution in [3.8, 4) is 0 Å². The van der Waals surface area contributed by atoms with Crippen LogP contribution in [0.4, 0.5) is 5.82 Å². The smallest absolute Gasteiger partial charge is 0.382 e. The van der Waals surface area contributed by atoms with Crippen molar-refractivity contribution in [3.05, 3.63) is 12.7 Å². The Bertz CT molecular complexity index is 1080. The number of nitrogen functional groups attached to an aromatic ring is 1. The van der Waals surface area contributed by atoms with Crippen LogP contribution in [0.15, 0.2) is 12.7 Å². The summed E-state index contributed by atoms with van der Waals surface area (Å²) < 4.78 is 46.2. The van der Waals surface area contributed by atoms with Crippen molar-refractivity contribution in [2.24, 2.45) is 0 Å². The number of aromatic nitrogens is 4. The molecule has 198 valence electrons. The SMILES string of the molecule is CC1CN2CC(C)O[Si](OC[C@H]3O[C@@H](n4cnc5c(N)ncnc54)[C@@H]4OC(C)(C)O[C@@H]43)(O1)OC(C)C2. The standard InChI is InChI=1S/C22H34N6O7Si/c1-12-6-27-7-13(2)34-36(33-12,35-14(3)8-27)29-9-15-17-18(32-22(4,5)31-17)21(30-15)28-11-26-16-19(23)24-10-25-20(16)28/h10-15,17-18,21H,6-9H2,1-5H3,(H2,23,24,25)/t12?,13?,14?,15-,17-,18-,21-,36?/m1/s1. The fraction of sp³-hybridized carbons (Fsp3) is 0.773. The lowest BCUT2D eigenvalue weighted by Crippen LogP contribution is -2.63. The van der Waals surface area contributed by atoms with Crippen LogP contribution in [0.1, 0.15) is 40.8 Å². The zero-order chi connectivity index (χ0) is 25.2. The lowest BCUT2D eigenvalue weighted by Gasteiger charge is -2.44. The number of hydrogen-bond acceptors (Lipinski definition) is 12. The zero-order valence-corrected chi connectivity index (χ0v) is 22.2. The van der Waals surface area contributed by atoms with Crippen molar-refractivity contribution >= 4 is 26.0 Å². The van der Waals surface area contributed by atoms with Gasteiger partial charge < -0.3 is 37.6 Å². The van der Waals surface area contributed by atoms with Crippen molar-refractivity contribution in [1.82, 2.24) is 24.4 Å². The molecule has 5 aliphatic heterocycles. The number of rotatable bonds is 4. The van der Waals surface area contributed by atoms with Gasteiger partial charge in [0.2, 0.25) is 0 Å². The van der Waals surface area contributed by atoms with Crippen molar-refractivity contribution < 1.29 is 31.9 Å². The van der Waals surface area contributed by atoms with Crippen molar-refractivity contribution in [3.63, 3.8) is 0 Å². The first-order chi connectivity index (χ1) is 17.1. The summed E-state index contributed by atoms with van der Waals surface area (Å²) in [5, 5.41) is 0. The highest BCUT2D eigenvalue weighted by Gasteiger charge is 2.59. The number of anilines is 1. The molecule has 5 aliphatic rings. The summed E-state index contributed by atoms with van der Waals surface area (Å²) in [6, 6.07) is 0. The first kappa shape index (κ1) is 24.6. The lowest BCUT2D eigenvalue weighted by molar-refractivity contribution is -0.203. The second-order valence-electron chi connectivity index (χ2n) is 10.5. The number of ether oxygens (including phenoxy) is 3. The van der Waals surface area contributed by atoms with Crippen LogP contribution >= 0.6 is 0 Å². The van der Waals surface area contributed by atoms with Crippen LogP contribution in [-0.2, 0) is 31.9 Å². The van der Waals surface area contributed by atoms with Gasteiger partial charge in [0.05, 0.1) is 31.2 Å². The number of imidazole rings is 1. The highest BCUT2D eigenvalue weighted by molar-refractivity contribution is 6.53. The second kappa shape index (κ2) is 8.92. The van der Waals surface area contributed by atoms with Gasteiger partial charge in [-0.05, 0) is 34.6 Å². The van der Waals surface area contributed by atoms with Gasteiger partial charge >= 0.3 is 9.05 Å². The largest absolute Gasteiger partial charge is 0.680 e. The molecule has 0 saturated carbocycles. The van der Waals surface area contributed by atoms with Gasteiger partial charge in [-0.1, -0.05) is 0 Å². The van der Waals surface area contributed by atoms with Gasteiger partial charge in [0, 0.05) is 19.6 Å². The van der Waals surface area contributed by atoms with Crippen LogP contribution in [0.3, 0.4) is 0 Å². The highest BCUT2D eigenvalue weighted by Crippen LogP contribution is 2.44. The molecule has 2 bridgehead atoms. The van der Waals surface area contributed by atoms with E-state index in [0.717, 1.165) is 19.6 Å². The second-order valence-corrected chi connectivity index (χ2v) is 12.5. The van der Waals surface area contributed by atoms with E-state index in [2.05, 4.69) is 19.9 Å². The summed E-state index contributed by atoms with van der Waals surface area (Å²) in [7, 11) is -3.46. The normalized spacial score (nSPS) is 42.2. The molecule has 13 nitrogen and oxygen atoms in total. The highest BCUT2D eigenvalue weighted by atomic mass is 28.4. The number of nitrogens with two attached hydrogens (primary N) is 1. The van der Waals surface area contributed by atoms with Crippen LogP contribution in [0.5, 0.6) is 0 Å². The zero-order valence-electron chi connectivity index (χ0n) is 21.2. The third-order valence-corrected chi connectivity index (χ3v) is 9.39. The summed E-state index contributed by atoms with van der Waals surface area (Å²) in [4.78, 5) is 15.1. The van der Waals surface area contributed by atoms with Gasteiger partial charge in [-0.15, -0.1) is 0 Å². The topological polar surface area (TPSA) is 137 Å². The van der Waals surface area contributed by atoms with Gasteiger partial charge in [-0.3, -0.25) is 9.47 Å². The molecule has 7 rings (SSSR count). The van der Waals surface area contributed by atoms with E-state index in [0.29, 0.717) is 17.0 Å². The van der Waals surface area contributed by atoms with E-state index in [1.807, 2.05) is 34.6 Å². The Labute approximate surface area is 210 Å². The summed E-state index contributed by atoms with van der Waals surface area (Å²) >= 11 is 0. The van der Waals surface area contributed by atoms with Crippen LogP contribution in [0.25, 0.3) is 11.2 Å². The predicted octanol–water partition coefficient (Wildman–Crippen LogP) is 0.823. The van der Waals surface area contributed by atoms with Gasteiger partial charge in [-0.25, -0.2) is 15.0 Å². The monoisotopic (exact) mass is 522 g/mol. The molecule has 36 heavy (non-hydrogen) atoms. The third kappa shape index (κ3) is 4.44. The molecule has 2 aromatic rings. The Hall–Kier alpha value is -1.75. The summed E-state index contributed by atoms with van der Waals surface area (Å²) in [6.45, 7) is 12.4. The molecule has 14 heteroatoms. The van der Waals surface area contributed by atoms with Gasteiger partial charge in [-0.2, -0.15) is 0 Å². The molecule has 2 aromatic heterocycles. The maximum Gasteiger partial charge on any atom is 0.680 e. The van der Waals surface area contributed by atoms with Gasteiger partial charge in [0.15, 0.2) is 23.5 Å². The van der Waals surface area contributed by atoms with Gasteiger partial charge in [0.25, 0.3) is 0 Å². The van der Waals surface area contributed by atoms with E-state index >= 15 is 0 Å². The molecule has 0 aromatic carbocycles. The maximum atomic E-state index is 6.47. The predicted molar refractivity (Wildman–Crippen MR) is 127 cm³/mol. The molecule has 2 N–H and O–H groups in total. The minimum absolute atomic E-state index is 0.0888. The average molecular weight is 523 g/mol. The van der Waals surface area contributed by atoms with Crippen molar-refractivity contribution in [2.45, 2.75) is 83.3 Å². The van der Waals surface area contributed by atoms with Crippen molar-refractivity contribution in [2.75, 3.05) is 32.0 Å². The van der Waals surface area contributed by atoms with E-state index in [1.165, 1.54) is 6.33 Å². The first-order valence-electron chi connectivity index (χ1n) is 12.5. The van der Waals surface area contributed by atoms with E-state index < -0.39 is 39.4 Å². The molecular weight excluding hydrogens is 488 g/mol. The third-order valence-electron chi connectivity index (χ3n) is 6.79. The Kier molecular flexibility index (Phi) is 6.09. The van der Waals surface area contributed by atoms with Crippen molar-refractivity contribution in [1.29, 1.82) is 0 Å². The van der Waals surface area contributed by atoms with E-state index in [1.54, 1.807) is 10.9 Å². The van der Waals surface area contributed by atoms with E-state index in [9.17, 15) is 0 Å². The van der Waals surface area contributed by atoms with Crippen LogP contribution < -0.4 is 5.73 Å². The van der Waals surface area contributed by atoms with Gasteiger partial charge in [0.1, 0.15) is 30.2 Å². The van der Waals surface area contributed by atoms with Crippen LogP contribution in [0, 0.1) is 0 Å². The molecule has 7 atom stereocenters. The fourth-order valence-corrected chi connectivity index (χ4v) is 8.05. The molecule has 0 radical (unpaired) electrons. The fourth-order valence-electron chi connectivity index (χ4n) is 5.61. The molecule has 0 spiro atoms. The van der Waals surface area contributed by atoms with E-state index in [4.69, 9.17) is 37.6 Å². The minimum atomic E-state index is -3.46. The van der Waals surface area contributed by atoms with Crippen LogP contribution in [0.2, 0.25) is 0 Å². The Balaban J connectivity index is 1.26. The average Bonchev–Trinajstić information content (AvgIpc) is 3.41. The molecule has 3 unspecified atom stereocenters. The van der Waals surface area contributed by atoms with E-state index in [-0.39, 0.29) is 24.9 Å². The number of fused-ring (bicyclic) bond motifs is 8. The molecular formula is C22H34N6O7Si. The molecule has 0 amide bonds. The lowest BCUT2D eigenvalue weighted by atomic mass is 10.1. The number of nitrogens with zero attached hydrogens (tertiary/aromatic N) is 5. The molecule has 0 aliphatic carbocycles. The quantitative estimate of drug-likeness (QED) is 0.569. The van der Waals surface area contributed by atoms with Crippen LogP contribution in [-0.4, -0.2) is 102 Å². The maximum absolute atomic E-state index is 6.47. The Morgan fingerprint density at radius 1 is 1.00 bits per heavy atom. The Morgan fingerprint density at radius 3 is 2.31 bits per heavy atom.